The standard InChI is InChI=1S/C57H36N6O/c1-35-10-15-53-57(61-35)49-32-43(41-8-3-6-39(30-41)37-22-27-59-28-23-37)12-17-51(49)63(53)45-14-19-55-47(34-45)46-33-44(13-18-54(46)64-55)62-50-16-11-42(31-48(50)56-52(62)9-4-24-60-56)40-7-2-5-38(29-40)36-20-25-58-26-21-36/h2-34H,1H3. The van der Waals surface area contributed by atoms with E-state index >= 15 is 0 Å². The van der Waals surface area contributed by atoms with Crippen LogP contribution in [0.25, 0.3) is 122 Å². The van der Waals surface area contributed by atoms with Crippen molar-refractivity contribution >= 4 is 65.8 Å². The van der Waals surface area contributed by atoms with Crippen LogP contribution in [0.15, 0.2) is 205 Å². The van der Waals surface area contributed by atoms with E-state index in [4.69, 9.17) is 14.4 Å². The number of hydrogen-bond acceptors (Lipinski definition) is 5. The van der Waals surface area contributed by atoms with Crippen LogP contribution in [-0.2, 0) is 0 Å². The van der Waals surface area contributed by atoms with Gasteiger partial charge in [0.05, 0.1) is 33.1 Å². The van der Waals surface area contributed by atoms with Crippen LogP contribution in [0, 0.1) is 6.92 Å². The first-order chi connectivity index (χ1) is 31.6. The molecule has 0 spiro atoms. The van der Waals surface area contributed by atoms with E-state index in [1.807, 2.05) is 61.3 Å². The van der Waals surface area contributed by atoms with Crippen LogP contribution in [0.2, 0.25) is 0 Å². The highest BCUT2D eigenvalue weighted by molar-refractivity contribution is 6.12. The monoisotopic (exact) mass is 820 g/mol. The van der Waals surface area contributed by atoms with Gasteiger partial charge in [0.1, 0.15) is 11.2 Å². The summed E-state index contributed by atoms with van der Waals surface area (Å²) in [6, 6.07) is 60.5. The Labute approximate surface area is 367 Å². The van der Waals surface area contributed by atoms with Crippen LogP contribution in [-0.4, -0.2) is 29.1 Å². The lowest BCUT2D eigenvalue weighted by Crippen LogP contribution is -1.94. The second-order valence-corrected chi connectivity index (χ2v) is 16.4. The van der Waals surface area contributed by atoms with Crippen molar-refractivity contribution in [2.45, 2.75) is 6.92 Å². The molecule has 0 amide bonds. The molecule has 0 unspecified atom stereocenters. The average Bonchev–Trinajstić information content (AvgIpc) is 4.01. The molecule has 7 heterocycles. The molecule has 0 saturated heterocycles. The number of fused-ring (bicyclic) bond motifs is 9. The van der Waals surface area contributed by atoms with Crippen LogP contribution < -0.4 is 0 Å². The summed E-state index contributed by atoms with van der Waals surface area (Å²) in [7, 11) is 0. The lowest BCUT2D eigenvalue weighted by molar-refractivity contribution is 0.669. The molecule has 0 saturated carbocycles. The number of aryl methyl sites for hydroxylation is 1. The minimum absolute atomic E-state index is 0.837. The average molecular weight is 821 g/mol. The van der Waals surface area contributed by atoms with Crippen LogP contribution in [0.3, 0.4) is 0 Å². The number of furan rings is 1. The Balaban J connectivity index is 0.935. The van der Waals surface area contributed by atoms with Gasteiger partial charge in [0.2, 0.25) is 0 Å². The summed E-state index contributed by atoms with van der Waals surface area (Å²) in [5, 5.41) is 4.30. The van der Waals surface area contributed by atoms with E-state index < -0.39 is 0 Å². The highest BCUT2D eigenvalue weighted by Crippen LogP contribution is 2.40. The molecule has 7 heteroatoms. The van der Waals surface area contributed by atoms with Crippen molar-refractivity contribution in [2.24, 2.45) is 0 Å². The normalized spacial score (nSPS) is 11.8. The van der Waals surface area contributed by atoms with Gasteiger partial charge in [-0.3, -0.25) is 19.9 Å². The fraction of sp³-hybridized carbons (Fsp3) is 0.0175. The molecule has 0 aliphatic rings. The van der Waals surface area contributed by atoms with Gasteiger partial charge < -0.3 is 13.6 Å². The predicted octanol–water partition coefficient (Wildman–Crippen LogP) is 14.3. The fourth-order valence-corrected chi connectivity index (χ4v) is 9.61. The maximum absolute atomic E-state index is 6.53. The number of pyridine rings is 4. The quantitative estimate of drug-likeness (QED) is 0.167. The zero-order valence-corrected chi connectivity index (χ0v) is 34.6. The first kappa shape index (κ1) is 36.0. The number of nitrogens with zero attached hydrogens (tertiary/aromatic N) is 6. The first-order valence-electron chi connectivity index (χ1n) is 21.4. The van der Waals surface area contributed by atoms with E-state index in [1.165, 1.54) is 0 Å². The highest BCUT2D eigenvalue weighted by Gasteiger charge is 2.19. The fourth-order valence-electron chi connectivity index (χ4n) is 9.61. The van der Waals surface area contributed by atoms with E-state index in [0.717, 1.165) is 127 Å². The summed E-state index contributed by atoms with van der Waals surface area (Å²) >= 11 is 0. The van der Waals surface area contributed by atoms with E-state index in [1.54, 1.807) is 0 Å². The Hall–Kier alpha value is -8.68. The van der Waals surface area contributed by atoms with Crippen LogP contribution in [0.4, 0.5) is 0 Å². The third kappa shape index (κ3) is 5.75. The first-order valence-corrected chi connectivity index (χ1v) is 21.4. The second kappa shape index (κ2) is 14.2. The number of rotatable bonds is 6. The number of hydrogen-bond donors (Lipinski definition) is 0. The smallest absolute Gasteiger partial charge is 0.135 e. The van der Waals surface area contributed by atoms with Crippen molar-refractivity contribution in [3.63, 3.8) is 0 Å². The van der Waals surface area contributed by atoms with Gasteiger partial charge in [0.15, 0.2) is 0 Å². The van der Waals surface area contributed by atoms with Crippen LogP contribution >= 0.6 is 0 Å². The SMILES string of the molecule is Cc1ccc2c(n1)c1cc(-c3cccc(-c4ccncc4)c3)ccc1n2-c1ccc2oc3ccc(-n4c5ccc(-c6cccc(-c7ccncc7)c6)cc5c5ncccc54)cc3c2c1. The van der Waals surface area contributed by atoms with Gasteiger partial charge in [-0.1, -0.05) is 48.5 Å². The van der Waals surface area contributed by atoms with Crippen molar-refractivity contribution in [2.75, 3.05) is 0 Å². The molecular formula is C57H36N6O. The summed E-state index contributed by atoms with van der Waals surface area (Å²) in [5.41, 5.74) is 20.1. The predicted molar refractivity (Wildman–Crippen MR) is 260 cm³/mol. The summed E-state index contributed by atoms with van der Waals surface area (Å²) < 4.78 is 11.2. The topological polar surface area (TPSA) is 74.6 Å². The van der Waals surface area contributed by atoms with Gasteiger partial charge in [0, 0.05) is 69.6 Å². The van der Waals surface area contributed by atoms with Gasteiger partial charge in [-0.05, 0) is 173 Å². The van der Waals surface area contributed by atoms with Gasteiger partial charge in [-0.15, -0.1) is 0 Å². The molecule has 13 rings (SSSR count). The Morgan fingerprint density at radius 3 is 1.41 bits per heavy atom. The lowest BCUT2D eigenvalue weighted by Gasteiger charge is -2.10. The van der Waals surface area contributed by atoms with E-state index in [0.29, 0.717) is 0 Å². The third-order valence-electron chi connectivity index (χ3n) is 12.6. The summed E-state index contributed by atoms with van der Waals surface area (Å²) in [4.78, 5) is 18.5. The summed E-state index contributed by atoms with van der Waals surface area (Å²) in [6.07, 6.45) is 9.23. The molecule has 7 aromatic heterocycles. The van der Waals surface area contributed by atoms with Gasteiger partial charge in [-0.2, -0.15) is 0 Å². The molecule has 0 aliphatic heterocycles. The van der Waals surface area contributed by atoms with Crippen molar-refractivity contribution in [1.29, 1.82) is 0 Å². The van der Waals surface area contributed by atoms with Gasteiger partial charge >= 0.3 is 0 Å². The second-order valence-electron chi connectivity index (χ2n) is 16.4. The van der Waals surface area contributed by atoms with Crippen LogP contribution in [0.5, 0.6) is 0 Å². The van der Waals surface area contributed by atoms with Crippen molar-refractivity contribution in [3.8, 4) is 55.9 Å². The minimum atomic E-state index is 0.837. The Morgan fingerprint density at radius 2 is 0.844 bits per heavy atom. The molecule has 300 valence electrons. The number of aromatic nitrogens is 6. The van der Waals surface area contributed by atoms with Crippen molar-refractivity contribution in [3.05, 3.63) is 207 Å². The number of benzene rings is 6. The highest BCUT2D eigenvalue weighted by atomic mass is 16.3. The Kier molecular flexibility index (Phi) is 7.99. The molecule has 0 bridgehead atoms. The van der Waals surface area contributed by atoms with E-state index in [2.05, 4.69) is 166 Å². The van der Waals surface area contributed by atoms with Crippen LogP contribution in [0.1, 0.15) is 5.69 Å². The summed E-state index contributed by atoms with van der Waals surface area (Å²) in [5.74, 6) is 0. The van der Waals surface area contributed by atoms with Crippen molar-refractivity contribution < 1.29 is 4.42 Å². The van der Waals surface area contributed by atoms with E-state index in [-0.39, 0.29) is 0 Å². The Morgan fingerprint density at radius 1 is 0.359 bits per heavy atom. The summed E-state index contributed by atoms with van der Waals surface area (Å²) in [6.45, 7) is 2.06. The molecule has 6 aromatic carbocycles. The molecular weight excluding hydrogens is 785 g/mol. The largest absolute Gasteiger partial charge is 0.456 e. The van der Waals surface area contributed by atoms with Gasteiger partial charge in [-0.25, -0.2) is 0 Å². The molecule has 0 fully saturated rings. The molecule has 64 heavy (non-hydrogen) atoms. The molecule has 0 N–H and O–H groups in total. The third-order valence-corrected chi connectivity index (χ3v) is 12.6. The molecule has 7 nitrogen and oxygen atoms in total. The molecule has 0 radical (unpaired) electrons. The van der Waals surface area contributed by atoms with Gasteiger partial charge in [0.25, 0.3) is 0 Å². The molecule has 13 aromatic rings. The zero-order valence-electron chi connectivity index (χ0n) is 34.6. The van der Waals surface area contributed by atoms with E-state index in [9.17, 15) is 0 Å². The minimum Gasteiger partial charge on any atom is -0.456 e. The van der Waals surface area contributed by atoms with Crippen molar-refractivity contribution in [1.82, 2.24) is 29.1 Å². The molecule has 0 atom stereocenters. The maximum Gasteiger partial charge on any atom is 0.135 e. The maximum atomic E-state index is 6.53. The Bertz CT molecular complexity index is 3980. The molecule has 0 aliphatic carbocycles. The zero-order chi connectivity index (χ0) is 42.3. The lowest BCUT2D eigenvalue weighted by atomic mass is 9.99.